The molecule has 0 fully saturated rings. The molecule has 0 aliphatic rings. The number of nitrogens with one attached hydrogen (secondary N) is 1. The summed E-state index contributed by atoms with van der Waals surface area (Å²) in [6.45, 7) is 4.93. The summed E-state index contributed by atoms with van der Waals surface area (Å²) in [7, 11) is 0. The summed E-state index contributed by atoms with van der Waals surface area (Å²) in [5.41, 5.74) is 0. The van der Waals surface area contributed by atoms with Crippen LogP contribution < -0.4 is 5.32 Å². The second-order valence-corrected chi connectivity index (χ2v) is 28.4. The van der Waals surface area contributed by atoms with Crippen molar-refractivity contribution >= 4 is 11.9 Å². The van der Waals surface area contributed by atoms with Gasteiger partial charge in [-0.2, -0.15) is 0 Å². The molecule has 6 heteroatoms. The number of aliphatic hydroxyl groups is 2. The summed E-state index contributed by atoms with van der Waals surface area (Å²) in [6, 6.07) is -0.626. The van der Waals surface area contributed by atoms with Gasteiger partial charge in [0.2, 0.25) is 5.91 Å². The van der Waals surface area contributed by atoms with Gasteiger partial charge in [0.15, 0.2) is 0 Å². The van der Waals surface area contributed by atoms with Gasteiger partial charge in [0, 0.05) is 12.8 Å². The van der Waals surface area contributed by atoms with E-state index in [0.717, 1.165) is 51.4 Å². The van der Waals surface area contributed by atoms with Crippen LogP contribution in [0.5, 0.6) is 0 Å². The van der Waals surface area contributed by atoms with Crippen molar-refractivity contribution in [1.82, 2.24) is 5.32 Å². The maximum absolute atomic E-state index is 12.5. The summed E-state index contributed by atoms with van der Waals surface area (Å²) < 4.78 is 5.50. The van der Waals surface area contributed by atoms with Gasteiger partial charge in [0.25, 0.3) is 0 Å². The van der Waals surface area contributed by atoms with Gasteiger partial charge >= 0.3 is 5.97 Å². The van der Waals surface area contributed by atoms with Gasteiger partial charge in [-0.1, -0.05) is 403 Å². The summed E-state index contributed by atoms with van der Waals surface area (Å²) in [5.74, 6) is -0.0504. The fraction of sp³-hybridized carbons (Fsp3) is 0.882. The molecule has 536 valence electrons. The van der Waals surface area contributed by atoms with E-state index in [1.807, 2.05) is 6.08 Å². The van der Waals surface area contributed by atoms with Crippen molar-refractivity contribution in [2.24, 2.45) is 0 Å². The second kappa shape index (κ2) is 80.3. The van der Waals surface area contributed by atoms with E-state index in [1.165, 1.54) is 379 Å². The SMILES string of the molecule is CCCCCC/C=C\C/C=C\CCCCCCCC(=O)OCCCCCCCCCCCCCCCCCCCC/C=C\CCCCCCCCCCCCCCCCCCCC(=O)NC(CO)C(O)/C=C/CCCCCCCCCCCCCCCCCCC. The number of aliphatic hydroxyl groups excluding tert-OH is 2. The van der Waals surface area contributed by atoms with E-state index in [9.17, 15) is 19.8 Å². The van der Waals surface area contributed by atoms with Crippen molar-refractivity contribution < 1.29 is 24.5 Å². The van der Waals surface area contributed by atoms with Gasteiger partial charge in [0.05, 0.1) is 25.4 Å². The molecule has 6 nitrogen and oxygen atoms in total. The molecule has 0 aliphatic carbocycles. The summed E-state index contributed by atoms with van der Waals surface area (Å²) in [5, 5.41) is 23.3. The van der Waals surface area contributed by atoms with E-state index in [2.05, 4.69) is 55.6 Å². The number of hydrogen-bond acceptors (Lipinski definition) is 5. The summed E-state index contributed by atoms with van der Waals surface area (Å²) >= 11 is 0. The maximum atomic E-state index is 12.5. The van der Waals surface area contributed by atoms with E-state index in [0.29, 0.717) is 19.4 Å². The molecule has 91 heavy (non-hydrogen) atoms. The number of esters is 1. The van der Waals surface area contributed by atoms with Crippen molar-refractivity contribution in [2.75, 3.05) is 13.2 Å². The molecular weight excluding hydrogens is 1110 g/mol. The highest BCUT2D eigenvalue weighted by molar-refractivity contribution is 5.76. The van der Waals surface area contributed by atoms with Crippen LogP contribution in [0.25, 0.3) is 0 Å². The van der Waals surface area contributed by atoms with Crippen LogP contribution in [0.15, 0.2) is 48.6 Å². The number of hydrogen-bond donors (Lipinski definition) is 3. The fourth-order valence-electron chi connectivity index (χ4n) is 13.0. The third-order valence-electron chi connectivity index (χ3n) is 19.3. The molecule has 0 aromatic heterocycles. The van der Waals surface area contributed by atoms with Crippen LogP contribution in [0.4, 0.5) is 0 Å². The van der Waals surface area contributed by atoms with E-state index in [-0.39, 0.29) is 18.5 Å². The first-order chi connectivity index (χ1) is 45.0. The molecule has 0 aliphatic heterocycles. The van der Waals surface area contributed by atoms with Crippen molar-refractivity contribution in [1.29, 1.82) is 0 Å². The fourth-order valence-corrected chi connectivity index (χ4v) is 13.0. The second-order valence-electron chi connectivity index (χ2n) is 28.4. The first kappa shape index (κ1) is 88.8. The van der Waals surface area contributed by atoms with Crippen molar-refractivity contribution in [2.45, 2.75) is 469 Å². The molecular formula is C85H161NO5. The van der Waals surface area contributed by atoms with Gasteiger partial charge in [-0.3, -0.25) is 9.59 Å². The lowest BCUT2D eigenvalue weighted by atomic mass is 10.0. The molecule has 0 bridgehead atoms. The quantitative estimate of drug-likeness (QED) is 0.0320. The minimum absolute atomic E-state index is 0.00925. The van der Waals surface area contributed by atoms with Crippen LogP contribution in [0.1, 0.15) is 457 Å². The third-order valence-corrected chi connectivity index (χ3v) is 19.3. The Morgan fingerprint density at radius 3 is 0.857 bits per heavy atom. The number of unbranched alkanes of at least 4 members (excludes halogenated alkanes) is 61. The predicted octanol–water partition coefficient (Wildman–Crippen LogP) is 27.5. The van der Waals surface area contributed by atoms with Crippen LogP contribution in [0, 0.1) is 0 Å². The minimum Gasteiger partial charge on any atom is -0.466 e. The van der Waals surface area contributed by atoms with Crippen molar-refractivity contribution in [3.05, 3.63) is 48.6 Å². The Labute approximate surface area is 569 Å². The number of allylic oxidation sites excluding steroid dienone is 7. The van der Waals surface area contributed by atoms with E-state index < -0.39 is 12.1 Å². The Kier molecular flexibility index (Phi) is 78.3. The minimum atomic E-state index is -0.843. The summed E-state index contributed by atoms with van der Waals surface area (Å²) in [6.07, 6.45) is 107. The standard InChI is InChI=1S/C85H161NO5/c1-3-5-7-9-11-13-15-17-19-21-43-46-49-53-57-61-65-69-73-77-83(88)82(81-87)86-84(89)78-74-70-66-62-58-54-50-47-44-41-39-37-35-33-31-29-27-25-23-22-24-26-28-30-32-34-36-38-40-42-45-48-52-56-60-64-68-72-76-80-91-85(90)79-75-71-67-63-59-55-51-20-18-16-14-12-10-8-6-4-2/h14,16,20,22-23,51,73,77,82-83,87-88H,3-13,15,17-19,21,24-50,52-72,74-76,78-81H2,1-2H3,(H,86,89)/b16-14-,23-22-,51-20-,77-73+. The third kappa shape index (κ3) is 76.7. The number of ether oxygens (including phenoxy) is 1. The lowest BCUT2D eigenvalue weighted by molar-refractivity contribution is -0.143. The van der Waals surface area contributed by atoms with Crippen molar-refractivity contribution in [3.8, 4) is 0 Å². The van der Waals surface area contributed by atoms with Gasteiger partial charge in [-0.15, -0.1) is 0 Å². The average molecular weight is 1280 g/mol. The number of amides is 1. The Morgan fingerprint density at radius 1 is 0.308 bits per heavy atom. The lowest BCUT2D eigenvalue weighted by Gasteiger charge is -2.20. The molecule has 0 aromatic carbocycles. The molecule has 3 N–H and O–H groups in total. The Morgan fingerprint density at radius 2 is 0.549 bits per heavy atom. The zero-order valence-electron chi connectivity index (χ0n) is 61.6. The van der Waals surface area contributed by atoms with E-state index in [1.54, 1.807) is 6.08 Å². The molecule has 2 atom stereocenters. The molecule has 0 saturated heterocycles. The maximum Gasteiger partial charge on any atom is 0.305 e. The van der Waals surface area contributed by atoms with Crippen LogP contribution in [0.3, 0.4) is 0 Å². The van der Waals surface area contributed by atoms with Crippen LogP contribution >= 0.6 is 0 Å². The first-order valence-electron chi connectivity index (χ1n) is 41.4. The number of carbonyl (C=O) groups excluding carboxylic acids is 2. The molecule has 0 spiro atoms. The van der Waals surface area contributed by atoms with Crippen molar-refractivity contribution in [3.63, 3.8) is 0 Å². The summed E-state index contributed by atoms with van der Waals surface area (Å²) in [4.78, 5) is 24.6. The number of carbonyl (C=O) groups is 2. The van der Waals surface area contributed by atoms with Gasteiger partial charge in [-0.05, 0) is 89.9 Å². The lowest BCUT2D eigenvalue weighted by Crippen LogP contribution is -2.45. The largest absolute Gasteiger partial charge is 0.466 e. The highest BCUT2D eigenvalue weighted by Crippen LogP contribution is 2.20. The highest BCUT2D eigenvalue weighted by Gasteiger charge is 2.18. The topological polar surface area (TPSA) is 95.9 Å². The monoisotopic (exact) mass is 1280 g/mol. The van der Waals surface area contributed by atoms with Gasteiger partial charge in [-0.25, -0.2) is 0 Å². The van der Waals surface area contributed by atoms with Gasteiger partial charge < -0.3 is 20.3 Å². The van der Waals surface area contributed by atoms with Crippen LogP contribution in [-0.4, -0.2) is 47.4 Å². The zero-order chi connectivity index (χ0) is 65.6. The Bertz CT molecular complexity index is 1520. The normalized spacial score (nSPS) is 12.7. The average Bonchev–Trinajstić information content (AvgIpc) is 3.74. The molecule has 0 radical (unpaired) electrons. The predicted molar refractivity (Wildman–Crippen MR) is 402 cm³/mol. The molecule has 0 saturated carbocycles. The smallest absolute Gasteiger partial charge is 0.305 e. The molecule has 1 amide bonds. The first-order valence-corrected chi connectivity index (χ1v) is 41.4. The van der Waals surface area contributed by atoms with Crippen LogP contribution in [0.2, 0.25) is 0 Å². The number of rotatable bonds is 78. The molecule has 2 unspecified atom stereocenters. The van der Waals surface area contributed by atoms with E-state index >= 15 is 0 Å². The van der Waals surface area contributed by atoms with E-state index in [4.69, 9.17) is 4.74 Å². The zero-order valence-corrected chi connectivity index (χ0v) is 61.6. The molecule has 0 heterocycles. The molecule has 0 aromatic rings. The Balaban J connectivity index is 3.34. The Hall–Kier alpha value is -2.18. The van der Waals surface area contributed by atoms with Crippen LogP contribution in [-0.2, 0) is 14.3 Å². The van der Waals surface area contributed by atoms with Gasteiger partial charge in [0.1, 0.15) is 0 Å². The molecule has 0 rings (SSSR count). The highest BCUT2D eigenvalue weighted by atomic mass is 16.5.